The van der Waals surface area contributed by atoms with Crippen LogP contribution in [0.2, 0.25) is 0 Å². The third-order valence-electron chi connectivity index (χ3n) is 1.59. The number of rotatable bonds is 4. The summed E-state index contributed by atoms with van der Waals surface area (Å²) in [7, 11) is -0.0929. The lowest BCUT2D eigenvalue weighted by Gasteiger charge is -2.05. The minimum atomic E-state index is -0.0929. The molecule has 0 amide bonds. The Hall–Kier alpha value is -1.67. The highest BCUT2D eigenvalue weighted by Crippen LogP contribution is 2.22. The van der Waals surface area contributed by atoms with Crippen LogP contribution in [0.3, 0.4) is 0 Å². The first-order valence-corrected chi connectivity index (χ1v) is 5.15. The van der Waals surface area contributed by atoms with Gasteiger partial charge in [0, 0.05) is 12.4 Å². The molecular weight excluding hydrogens is 211 g/mol. The van der Waals surface area contributed by atoms with Gasteiger partial charge in [-0.15, -0.1) is 0 Å². The van der Waals surface area contributed by atoms with Crippen LogP contribution < -0.4 is 9.05 Å². The molecule has 15 heavy (non-hydrogen) atoms. The lowest BCUT2D eigenvalue weighted by atomic mass is 10.5. The summed E-state index contributed by atoms with van der Waals surface area (Å²) in [5.41, 5.74) is 0. The molecule has 0 aromatic carbocycles. The second kappa shape index (κ2) is 5.27. The van der Waals surface area contributed by atoms with Crippen molar-refractivity contribution < 1.29 is 9.05 Å². The fourth-order valence-electron chi connectivity index (χ4n) is 0.932. The van der Waals surface area contributed by atoms with Gasteiger partial charge in [0.15, 0.2) is 0 Å². The topological polar surface area (TPSA) is 44.2 Å². The van der Waals surface area contributed by atoms with E-state index >= 15 is 0 Å². The molecule has 76 valence electrons. The van der Waals surface area contributed by atoms with Gasteiger partial charge in [-0.05, 0) is 24.3 Å². The van der Waals surface area contributed by atoms with E-state index in [4.69, 9.17) is 9.05 Å². The van der Waals surface area contributed by atoms with Gasteiger partial charge in [-0.3, -0.25) is 9.97 Å². The van der Waals surface area contributed by atoms with Crippen LogP contribution in [0.4, 0.5) is 0 Å². The Morgan fingerprint density at radius 1 is 0.867 bits per heavy atom. The quantitative estimate of drug-likeness (QED) is 0.742. The van der Waals surface area contributed by atoms with Gasteiger partial charge in [0.05, 0.1) is 12.4 Å². The Morgan fingerprint density at radius 3 is 1.80 bits per heavy atom. The zero-order valence-corrected chi connectivity index (χ0v) is 8.83. The van der Waals surface area contributed by atoms with Crippen LogP contribution in [-0.4, -0.2) is 9.97 Å². The molecule has 0 atom stereocenters. The molecule has 0 bridgehead atoms. The molecule has 2 aromatic heterocycles. The summed E-state index contributed by atoms with van der Waals surface area (Å²) in [5.74, 6) is 1.39. The Kier molecular flexibility index (Phi) is 3.47. The maximum atomic E-state index is 5.33. The smallest absolute Gasteiger partial charge is 0.275 e. The second-order valence-electron chi connectivity index (χ2n) is 2.66. The van der Waals surface area contributed by atoms with Gasteiger partial charge in [0.1, 0.15) is 11.5 Å². The largest absolute Gasteiger partial charge is 0.439 e. The Labute approximate surface area is 89.2 Å². The van der Waals surface area contributed by atoms with E-state index in [2.05, 4.69) is 9.97 Å². The van der Waals surface area contributed by atoms with E-state index in [1.54, 1.807) is 24.8 Å². The van der Waals surface area contributed by atoms with E-state index in [-0.39, 0.29) is 9.03 Å². The number of hydrogen-bond acceptors (Lipinski definition) is 4. The Bertz CT molecular complexity index is 357. The molecule has 0 N–H and O–H groups in total. The van der Waals surface area contributed by atoms with Crippen molar-refractivity contribution in [1.82, 2.24) is 9.97 Å². The first kappa shape index (κ1) is 9.87. The standard InChI is InChI=1S/C10H9N2O2P/c1-3-9(7-11-5-1)13-15-14-10-4-2-6-12-8-10/h1-8,15H. The summed E-state index contributed by atoms with van der Waals surface area (Å²) in [5, 5.41) is 0. The summed E-state index contributed by atoms with van der Waals surface area (Å²) < 4.78 is 10.7. The number of pyridine rings is 2. The molecule has 0 aliphatic rings. The van der Waals surface area contributed by atoms with Crippen LogP contribution >= 0.6 is 9.03 Å². The van der Waals surface area contributed by atoms with E-state index in [0.29, 0.717) is 11.5 Å². The van der Waals surface area contributed by atoms with Crippen molar-refractivity contribution in [2.24, 2.45) is 0 Å². The zero-order valence-electron chi connectivity index (χ0n) is 7.83. The molecule has 0 radical (unpaired) electrons. The van der Waals surface area contributed by atoms with Gasteiger partial charge in [0.2, 0.25) is 0 Å². The van der Waals surface area contributed by atoms with E-state index in [1.807, 2.05) is 24.3 Å². The van der Waals surface area contributed by atoms with Crippen LogP contribution in [0.1, 0.15) is 0 Å². The van der Waals surface area contributed by atoms with Gasteiger partial charge in [-0.25, -0.2) is 0 Å². The predicted molar refractivity (Wildman–Crippen MR) is 58.0 cm³/mol. The van der Waals surface area contributed by atoms with Gasteiger partial charge in [-0.1, -0.05) is 0 Å². The predicted octanol–water partition coefficient (Wildman–Crippen LogP) is 2.44. The average Bonchev–Trinajstić information content (AvgIpc) is 2.32. The van der Waals surface area contributed by atoms with Gasteiger partial charge < -0.3 is 9.05 Å². The van der Waals surface area contributed by atoms with Crippen molar-refractivity contribution in [1.29, 1.82) is 0 Å². The van der Waals surface area contributed by atoms with Crippen LogP contribution in [0.5, 0.6) is 11.5 Å². The maximum Gasteiger partial charge on any atom is 0.275 e. The van der Waals surface area contributed by atoms with Crippen molar-refractivity contribution in [3.8, 4) is 11.5 Å². The Balaban J connectivity index is 1.81. The first-order chi connectivity index (χ1) is 7.45. The highest BCUT2D eigenvalue weighted by molar-refractivity contribution is 7.27. The second-order valence-corrected chi connectivity index (χ2v) is 3.24. The molecule has 0 saturated heterocycles. The van der Waals surface area contributed by atoms with Gasteiger partial charge in [0.25, 0.3) is 9.03 Å². The van der Waals surface area contributed by atoms with E-state index in [0.717, 1.165) is 0 Å². The molecule has 4 nitrogen and oxygen atoms in total. The zero-order chi connectivity index (χ0) is 10.3. The van der Waals surface area contributed by atoms with Crippen LogP contribution in [0, 0.1) is 0 Å². The Morgan fingerprint density at radius 2 is 1.40 bits per heavy atom. The minimum absolute atomic E-state index is 0.0929. The average molecular weight is 220 g/mol. The SMILES string of the molecule is c1cncc(OPOc2cccnc2)c1. The molecule has 0 aliphatic heterocycles. The van der Waals surface area contributed by atoms with Gasteiger partial charge >= 0.3 is 0 Å². The van der Waals surface area contributed by atoms with Gasteiger partial charge in [-0.2, -0.15) is 0 Å². The van der Waals surface area contributed by atoms with Crippen molar-refractivity contribution in [3.05, 3.63) is 49.1 Å². The molecule has 5 heteroatoms. The summed E-state index contributed by atoms with van der Waals surface area (Å²) in [6.45, 7) is 0. The molecule has 2 heterocycles. The molecule has 0 aliphatic carbocycles. The van der Waals surface area contributed by atoms with E-state index in [1.165, 1.54) is 0 Å². The lowest BCUT2D eigenvalue weighted by Crippen LogP contribution is -1.85. The fraction of sp³-hybridized carbons (Fsp3) is 0. The summed E-state index contributed by atoms with van der Waals surface area (Å²) in [4.78, 5) is 7.84. The molecule has 0 spiro atoms. The fourth-order valence-corrected chi connectivity index (χ4v) is 1.41. The van der Waals surface area contributed by atoms with E-state index < -0.39 is 0 Å². The summed E-state index contributed by atoms with van der Waals surface area (Å²) >= 11 is 0. The molecular formula is C10H9N2O2P. The molecule has 0 saturated carbocycles. The van der Waals surface area contributed by atoms with Crippen molar-refractivity contribution >= 4 is 9.03 Å². The lowest BCUT2D eigenvalue weighted by molar-refractivity contribution is 0.513. The third kappa shape index (κ3) is 3.18. The number of aromatic nitrogens is 2. The van der Waals surface area contributed by atoms with Crippen molar-refractivity contribution in [2.45, 2.75) is 0 Å². The first-order valence-electron chi connectivity index (χ1n) is 4.34. The number of nitrogens with zero attached hydrogens (tertiary/aromatic N) is 2. The molecule has 2 rings (SSSR count). The van der Waals surface area contributed by atoms with Crippen molar-refractivity contribution in [3.63, 3.8) is 0 Å². The van der Waals surface area contributed by atoms with Crippen LogP contribution in [-0.2, 0) is 0 Å². The summed E-state index contributed by atoms with van der Waals surface area (Å²) in [6, 6.07) is 7.27. The van der Waals surface area contributed by atoms with E-state index in [9.17, 15) is 0 Å². The molecule has 0 unspecified atom stereocenters. The molecule has 0 fully saturated rings. The normalized spacial score (nSPS) is 9.60. The highest BCUT2D eigenvalue weighted by Gasteiger charge is 1.94. The number of hydrogen-bond donors (Lipinski definition) is 0. The van der Waals surface area contributed by atoms with Crippen LogP contribution in [0.25, 0.3) is 0 Å². The monoisotopic (exact) mass is 220 g/mol. The summed E-state index contributed by atoms with van der Waals surface area (Å²) in [6.07, 6.45) is 6.66. The highest BCUT2D eigenvalue weighted by atomic mass is 31.1. The van der Waals surface area contributed by atoms with Crippen LogP contribution in [0.15, 0.2) is 49.1 Å². The van der Waals surface area contributed by atoms with Crippen molar-refractivity contribution in [2.75, 3.05) is 0 Å². The molecule has 2 aromatic rings. The third-order valence-corrected chi connectivity index (χ3v) is 2.23. The minimum Gasteiger partial charge on any atom is -0.439 e. The maximum absolute atomic E-state index is 5.33.